The van der Waals surface area contributed by atoms with Gasteiger partial charge in [-0.15, -0.1) is 0 Å². The molecule has 1 aromatic rings. The molecule has 0 amide bonds. The van der Waals surface area contributed by atoms with E-state index in [4.69, 9.17) is 4.74 Å². The van der Waals surface area contributed by atoms with Crippen LogP contribution in [0.1, 0.15) is 17.1 Å². The van der Waals surface area contributed by atoms with Crippen LogP contribution >= 0.6 is 23.7 Å². The molecule has 0 aliphatic carbocycles. The highest BCUT2D eigenvalue weighted by atomic mass is 32.2. The van der Waals surface area contributed by atoms with Crippen LogP contribution < -0.4 is 4.74 Å². The molecule has 0 spiro atoms. The maximum absolute atomic E-state index is 5.11. The van der Waals surface area contributed by atoms with Crippen molar-refractivity contribution < 1.29 is 4.74 Å². The second-order valence-electron chi connectivity index (χ2n) is 2.94. The summed E-state index contributed by atoms with van der Waals surface area (Å²) < 4.78 is 9.83. The van der Waals surface area contributed by atoms with E-state index >= 15 is 0 Å². The summed E-state index contributed by atoms with van der Waals surface area (Å²) in [5, 5.41) is 1.15. The van der Waals surface area contributed by atoms with Gasteiger partial charge in [0.2, 0.25) is 0 Å². The van der Waals surface area contributed by atoms with Gasteiger partial charge in [-0.1, -0.05) is 23.9 Å². The average Bonchev–Trinajstić information content (AvgIpc) is 2.65. The summed E-state index contributed by atoms with van der Waals surface area (Å²) in [5.41, 5.74) is 1.29. The fourth-order valence-corrected chi connectivity index (χ4v) is 3.36. The SMILES string of the molecule is COc1ccc(C2SN=C(C)S2)cc1. The molecule has 74 valence electrons. The largest absolute Gasteiger partial charge is 0.497 e. The van der Waals surface area contributed by atoms with Gasteiger partial charge in [0.1, 0.15) is 10.3 Å². The summed E-state index contributed by atoms with van der Waals surface area (Å²) >= 11 is 3.43. The van der Waals surface area contributed by atoms with Crippen LogP contribution in [0, 0.1) is 0 Å². The Morgan fingerprint density at radius 1 is 1.29 bits per heavy atom. The minimum atomic E-state index is 0.418. The minimum Gasteiger partial charge on any atom is -0.497 e. The molecule has 4 heteroatoms. The number of thioether (sulfide) groups is 1. The number of hydrogen-bond donors (Lipinski definition) is 0. The third-order valence-corrected chi connectivity index (χ3v) is 4.37. The second-order valence-corrected chi connectivity index (χ2v) is 5.40. The highest BCUT2D eigenvalue weighted by molar-refractivity contribution is 8.27. The molecule has 0 saturated carbocycles. The lowest BCUT2D eigenvalue weighted by Gasteiger charge is -2.07. The van der Waals surface area contributed by atoms with E-state index in [-0.39, 0.29) is 0 Å². The zero-order valence-corrected chi connectivity index (χ0v) is 9.69. The molecule has 1 aliphatic rings. The molecule has 1 heterocycles. The van der Waals surface area contributed by atoms with E-state index in [0.717, 1.165) is 10.8 Å². The lowest BCUT2D eigenvalue weighted by atomic mass is 10.2. The molecule has 2 rings (SSSR count). The normalized spacial score (nSPS) is 20.7. The number of rotatable bonds is 2. The van der Waals surface area contributed by atoms with Gasteiger partial charge in [0.25, 0.3) is 0 Å². The number of methoxy groups -OCH3 is 1. The molecular formula is C10H11NOS2. The van der Waals surface area contributed by atoms with Gasteiger partial charge in [0, 0.05) is 0 Å². The van der Waals surface area contributed by atoms with Crippen LogP contribution in [0.25, 0.3) is 0 Å². The molecule has 0 N–H and O–H groups in total. The highest BCUT2D eigenvalue weighted by Crippen LogP contribution is 2.46. The predicted octanol–water partition coefficient (Wildman–Crippen LogP) is 3.51. The number of benzene rings is 1. The summed E-state index contributed by atoms with van der Waals surface area (Å²) in [4.78, 5) is 0. The van der Waals surface area contributed by atoms with Gasteiger partial charge in [-0.25, -0.2) is 4.40 Å². The minimum absolute atomic E-state index is 0.418. The van der Waals surface area contributed by atoms with Crippen molar-refractivity contribution in [2.45, 2.75) is 11.5 Å². The Kier molecular flexibility index (Phi) is 3.03. The van der Waals surface area contributed by atoms with E-state index in [2.05, 4.69) is 16.5 Å². The molecule has 1 atom stereocenters. The summed E-state index contributed by atoms with van der Waals surface area (Å²) in [6.07, 6.45) is 0. The van der Waals surface area contributed by atoms with Crippen LogP contribution in [-0.4, -0.2) is 12.2 Å². The summed E-state index contributed by atoms with van der Waals surface area (Å²) in [6, 6.07) is 8.17. The van der Waals surface area contributed by atoms with E-state index in [0.29, 0.717) is 4.58 Å². The van der Waals surface area contributed by atoms with Crippen LogP contribution in [0.5, 0.6) is 5.75 Å². The molecule has 0 saturated heterocycles. The second kappa shape index (κ2) is 4.28. The maximum Gasteiger partial charge on any atom is 0.118 e. The topological polar surface area (TPSA) is 21.6 Å². The molecule has 1 unspecified atom stereocenters. The molecule has 0 fully saturated rings. The zero-order chi connectivity index (χ0) is 9.97. The van der Waals surface area contributed by atoms with Gasteiger partial charge in [0.15, 0.2) is 0 Å². The van der Waals surface area contributed by atoms with E-state index in [1.165, 1.54) is 5.56 Å². The van der Waals surface area contributed by atoms with Crippen molar-refractivity contribution in [1.82, 2.24) is 0 Å². The quantitative estimate of drug-likeness (QED) is 0.719. The van der Waals surface area contributed by atoms with Crippen molar-refractivity contribution in [3.8, 4) is 5.75 Å². The first kappa shape index (κ1) is 9.93. The van der Waals surface area contributed by atoms with Crippen molar-refractivity contribution in [2.24, 2.45) is 4.40 Å². The van der Waals surface area contributed by atoms with Crippen molar-refractivity contribution in [2.75, 3.05) is 7.11 Å². The van der Waals surface area contributed by atoms with Crippen molar-refractivity contribution in [1.29, 1.82) is 0 Å². The molecule has 1 aromatic carbocycles. The summed E-state index contributed by atoms with van der Waals surface area (Å²) in [5.74, 6) is 0.902. The Balaban J connectivity index is 2.11. The molecular weight excluding hydrogens is 214 g/mol. The summed E-state index contributed by atoms with van der Waals surface area (Å²) in [7, 11) is 1.68. The Morgan fingerprint density at radius 2 is 2.00 bits per heavy atom. The number of ether oxygens (including phenoxy) is 1. The Hall–Kier alpha value is -0.610. The Bertz CT molecular complexity index is 348. The van der Waals surface area contributed by atoms with Gasteiger partial charge >= 0.3 is 0 Å². The van der Waals surface area contributed by atoms with Crippen LogP contribution in [0.4, 0.5) is 0 Å². The third kappa shape index (κ3) is 2.07. The van der Waals surface area contributed by atoms with Crippen molar-refractivity contribution in [3.05, 3.63) is 29.8 Å². The Labute approximate surface area is 92.3 Å². The average molecular weight is 225 g/mol. The first-order valence-electron chi connectivity index (χ1n) is 4.30. The standard InChI is InChI=1S/C10H11NOS2/c1-7-11-14-10(13-7)8-3-5-9(12-2)6-4-8/h3-6,10H,1-2H3. The lowest BCUT2D eigenvalue weighted by Crippen LogP contribution is -1.87. The zero-order valence-electron chi connectivity index (χ0n) is 8.06. The number of hydrogen-bond acceptors (Lipinski definition) is 4. The van der Waals surface area contributed by atoms with Gasteiger partial charge in [-0.3, -0.25) is 0 Å². The molecule has 14 heavy (non-hydrogen) atoms. The van der Waals surface area contributed by atoms with Gasteiger partial charge in [-0.2, -0.15) is 0 Å². The molecule has 2 nitrogen and oxygen atoms in total. The van der Waals surface area contributed by atoms with Gasteiger partial charge < -0.3 is 4.74 Å². The van der Waals surface area contributed by atoms with E-state index < -0.39 is 0 Å². The smallest absolute Gasteiger partial charge is 0.118 e. The fourth-order valence-electron chi connectivity index (χ4n) is 1.21. The molecule has 0 radical (unpaired) electrons. The first-order chi connectivity index (χ1) is 6.79. The van der Waals surface area contributed by atoms with Gasteiger partial charge in [-0.05, 0) is 36.6 Å². The highest BCUT2D eigenvalue weighted by Gasteiger charge is 2.19. The molecule has 1 aliphatic heterocycles. The summed E-state index contributed by atoms with van der Waals surface area (Å²) in [6.45, 7) is 2.04. The first-order valence-corrected chi connectivity index (χ1v) is 6.02. The van der Waals surface area contributed by atoms with Crippen LogP contribution in [-0.2, 0) is 0 Å². The monoisotopic (exact) mass is 225 g/mol. The maximum atomic E-state index is 5.11. The van der Waals surface area contributed by atoms with Crippen molar-refractivity contribution >= 4 is 28.8 Å². The van der Waals surface area contributed by atoms with Crippen LogP contribution in [0.15, 0.2) is 28.7 Å². The third-order valence-electron chi connectivity index (χ3n) is 1.94. The number of nitrogens with zero attached hydrogens (tertiary/aromatic N) is 1. The van der Waals surface area contributed by atoms with E-state index in [9.17, 15) is 0 Å². The predicted molar refractivity (Wildman–Crippen MR) is 64.0 cm³/mol. The van der Waals surface area contributed by atoms with E-state index in [1.807, 2.05) is 19.1 Å². The molecule has 0 aromatic heterocycles. The lowest BCUT2D eigenvalue weighted by molar-refractivity contribution is 0.414. The van der Waals surface area contributed by atoms with Crippen LogP contribution in [0.2, 0.25) is 0 Å². The van der Waals surface area contributed by atoms with Crippen molar-refractivity contribution in [3.63, 3.8) is 0 Å². The van der Waals surface area contributed by atoms with E-state index in [1.54, 1.807) is 30.8 Å². The van der Waals surface area contributed by atoms with Gasteiger partial charge in [0.05, 0.1) is 12.2 Å². The fraction of sp³-hybridized carbons (Fsp3) is 0.300. The van der Waals surface area contributed by atoms with Crippen LogP contribution in [0.3, 0.4) is 0 Å². The Morgan fingerprint density at radius 3 is 2.50 bits per heavy atom. The molecule has 0 bridgehead atoms.